The molecule has 4 atom stereocenters. The normalized spacial score (nSPS) is 25.2. The molecule has 0 aliphatic heterocycles. The van der Waals surface area contributed by atoms with Crippen molar-refractivity contribution in [1.29, 1.82) is 0 Å². The first-order valence-corrected chi connectivity index (χ1v) is 11.4. The first-order chi connectivity index (χ1) is 15.4. The van der Waals surface area contributed by atoms with E-state index in [0.29, 0.717) is 5.56 Å². The predicted octanol–water partition coefficient (Wildman–Crippen LogP) is 3.23. The minimum absolute atomic E-state index is 0.0548. The van der Waals surface area contributed by atoms with Crippen LogP contribution < -0.4 is 4.74 Å². The molecule has 0 unspecified atom stereocenters. The van der Waals surface area contributed by atoms with Crippen LogP contribution in [-0.4, -0.2) is 53.4 Å². The van der Waals surface area contributed by atoms with E-state index in [4.69, 9.17) is 14.2 Å². The average Bonchev–Trinajstić information content (AvgIpc) is 2.70. The van der Waals surface area contributed by atoms with Crippen LogP contribution in [0.5, 0.6) is 11.5 Å². The molecule has 1 aliphatic rings. The highest BCUT2D eigenvalue weighted by Gasteiger charge is 2.57. The Hall–Kier alpha value is -2.61. The standard InChI is InChI=1S/C25H36O8/c1-7-31-19-10-16(8-9-17(19)26)20-21(23(28)32-12-14(2)3)18(27)11-25(6,30)22(20)24(29)33-13-15(4)5/h8-10,14-15,20-22,26,30H,7,11-13H2,1-6H3/t20-,21-,22+,25+/m1/s1. The van der Waals surface area contributed by atoms with Crippen molar-refractivity contribution in [2.75, 3.05) is 19.8 Å². The van der Waals surface area contributed by atoms with Gasteiger partial charge in [0.2, 0.25) is 0 Å². The van der Waals surface area contributed by atoms with Crippen molar-refractivity contribution in [3.63, 3.8) is 0 Å². The summed E-state index contributed by atoms with van der Waals surface area (Å²) in [5.41, 5.74) is -1.35. The maximum atomic E-state index is 13.2. The maximum Gasteiger partial charge on any atom is 0.317 e. The highest BCUT2D eigenvalue weighted by Crippen LogP contribution is 2.48. The summed E-state index contributed by atoms with van der Waals surface area (Å²) in [5.74, 6) is -5.38. The lowest BCUT2D eigenvalue weighted by atomic mass is 9.61. The molecule has 1 fully saturated rings. The third kappa shape index (κ3) is 6.47. The summed E-state index contributed by atoms with van der Waals surface area (Å²) in [6, 6.07) is 4.38. The molecule has 33 heavy (non-hydrogen) atoms. The van der Waals surface area contributed by atoms with Gasteiger partial charge in [-0.05, 0) is 43.4 Å². The molecule has 2 rings (SSSR count). The highest BCUT2D eigenvalue weighted by atomic mass is 16.5. The van der Waals surface area contributed by atoms with Gasteiger partial charge in [-0.15, -0.1) is 0 Å². The molecule has 1 aromatic carbocycles. The van der Waals surface area contributed by atoms with Crippen LogP contribution in [0.25, 0.3) is 0 Å². The monoisotopic (exact) mass is 464 g/mol. The van der Waals surface area contributed by atoms with Gasteiger partial charge < -0.3 is 24.4 Å². The second-order valence-corrected chi connectivity index (χ2v) is 9.69. The number of aliphatic hydroxyl groups is 1. The number of ether oxygens (including phenoxy) is 3. The molecular formula is C25H36O8. The number of Topliss-reactive ketones (excluding diaryl/α,β-unsaturated/α-hetero) is 1. The number of hydrogen-bond donors (Lipinski definition) is 2. The van der Waals surface area contributed by atoms with Crippen LogP contribution in [0.4, 0.5) is 0 Å². The number of ketones is 1. The molecule has 0 spiro atoms. The van der Waals surface area contributed by atoms with Gasteiger partial charge in [0.15, 0.2) is 17.3 Å². The van der Waals surface area contributed by atoms with Gasteiger partial charge in [-0.2, -0.15) is 0 Å². The van der Waals surface area contributed by atoms with Crippen LogP contribution in [-0.2, 0) is 23.9 Å². The summed E-state index contributed by atoms with van der Waals surface area (Å²) in [6.07, 6.45) is -0.386. The van der Waals surface area contributed by atoms with Gasteiger partial charge in [-0.3, -0.25) is 14.4 Å². The summed E-state index contributed by atoms with van der Waals surface area (Å²) >= 11 is 0. The molecule has 1 aromatic rings. The number of phenolic OH excluding ortho intramolecular Hbond substituents is 1. The zero-order valence-electron chi connectivity index (χ0n) is 20.3. The van der Waals surface area contributed by atoms with Crippen LogP contribution in [0.1, 0.15) is 59.4 Å². The van der Waals surface area contributed by atoms with Gasteiger partial charge in [0.05, 0.1) is 31.3 Å². The molecule has 0 heterocycles. The number of benzene rings is 1. The van der Waals surface area contributed by atoms with Gasteiger partial charge >= 0.3 is 11.9 Å². The van der Waals surface area contributed by atoms with E-state index in [1.807, 2.05) is 27.7 Å². The Bertz CT molecular complexity index is 858. The summed E-state index contributed by atoms with van der Waals surface area (Å²) in [4.78, 5) is 39.4. The maximum absolute atomic E-state index is 13.2. The fourth-order valence-electron chi connectivity index (χ4n) is 4.10. The summed E-state index contributed by atoms with van der Waals surface area (Å²) in [7, 11) is 0. The van der Waals surface area contributed by atoms with Crippen LogP contribution in [0.2, 0.25) is 0 Å². The number of carbonyl (C=O) groups is 3. The van der Waals surface area contributed by atoms with Crippen LogP contribution in [0.15, 0.2) is 18.2 Å². The van der Waals surface area contributed by atoms with E-state index in [0.717, 1.165) is 0 Å². The van der Waals surface area contributed by atoms with E-state index in [2.05, 4.69) is 0 Å². The van der Waals surface area contributed by atoms with Crippen molar-refractivity contribution < 1.29 is 38.8 Å². The molecule has 0 bridgehead atoms. The number of esters is 2. The van der Waals surface area contributed by atoms with Gasteiger partial charge in [0.1, 0.15) is 5.92 Å². The second kappa shape index (κ2) is 11.0. The van der Waals surface area contributed by atoms with Crippen LogP contribution >= 0.6 is 0 Å². The molecule has 0 amide bonds. The Kier molecular flexibility index (Phi) is 8.89. The number of phenols is 1. The van der Waals surface area contributed by atoms with Gasteiger partial charge in [0, 0.05) is 12.3 Å². The SMILES string of the molecule is CCOc1cc([C@@H]2[C@H](C(=O)OCC(C)C)C(=O)C[C@](C)(O)[C@@H]2C(=O)OCC(C)C)ccc1O. The molecule has 0 aromatic heterocycles. The fourth-order valence-corrected chi connectivity index (χ4v) is 4.10. The van der Waals surface area contributed by atoms with Crippen molar-refractivity contribution in [3.05, 3.63) is 23.8 Å². The zero-order chi connectivity index (χ0) is 24.9. The van der Waals surface area contributed by atoms with Gasteiger partial charge in [-0.25, -0.2) is 0 Å². The molecule has 2 N–H and O–H groups in total. The molecule has 0 saturated heterocycles. The van der Waals surface area contributed by atoms with E-state index in [-0.39, 0.29) is 49.6 Å². The summed E-state index contributed by atoms with van der Waals surface area (Å²) in [6.45, 7) is 11.2. The van der Waals surface area contributed by atoms with Crippen molar-refractivity contribution >= 4 is 17.7 Å². The van der Waals surface area contributed by atoms with Crippen LogP contribution in [0, 0.1) is 23.7 Å². The van der Waals surface area contributed by atoms with Gasteiger partial charge in [-0.1, -0.05) is 33.8 Å². The second-order valence-electron chi connectivity index (χ2n) is 9.69. The van der Waals surface area contributed by atoms with E-state index in [1.165, 1.54) is 25.1 Å². The quantitative estimate of drug-likeness (QED) is 0.422. The molecule has 8 nitrogen and oxygen atoms in total. The lowest BCUT2D eigenvalue weighted by Gasteiger charge is -2.43. The topological polar surface area (TPSA) is 119 Å². The molecule has 0 radical (unpaired) electrons. The number of carbonyl (C=O) groups excluding carboxylic acids is 3. The lowest BCUT2D eigenvalue weighted by Crippen LogP contribution is -2.55. The third-order valence-corrected chi connectivity index (χ3v) is 5.56. The number of rotatable bonds is 9. The molecule has 184 valence electrons. The minimum atomic E-state index is -1.74. The largest absolute Gasteiger partial charge is 0.504 e. The smallest absolute Gasteiger partial charge is 0.317 e. The minimum Gasteiger partial charge on any atom is -0.504 e. The highest BCUT2D eigenvalue weighted by molar-refractivity contribution is 6.02. The van der Waals surface area contributed by atoms with E-state index in [1.54, 1.807) is 6.92 Å². The van der Waals surface area contributed by atoms with Crippen molar-refractivity contribution in [3.8, 4) is 11.5 Å². The first kappa shape index (κ1) is 26.6. The van der Waals surface area contributed by atoms with E-state index >= 15 is 0 Å². The number of aromatic hydroxyl groups is 1. The fraction of sp³-hybridized carbons (Fsp3) is 0.640. The Morgan fingerprint density at radius 3 is 2.21 bits per heavy atom. The molecule has 1 aliphatic carbocycles. The number of hydrogen-bond acceptors (Lipinski definition) is 8. The Balaban J connectivity index is 2.60. The van der Waals surface area contributed by atoms with E-state index in [9.17, 15) is 24.6 Å². The summed E-state index contributed by atoms with van der Waals surface area (Å²) in [5, 5.41) is 21.3. The van der Waals surface area contributed by atoms with Crippen LogP contribution in [0.3, 0.4) is 0 Å². The Morgan fingerprint density at radius 1 is 1.09 bits per heavy atom. The molecule has 8 heteroatoms. The van der Waals surface area contributed by atoms with Crippen molar-refractivity contribution in [2.24, 2.45) is 23.7 Å². The van der Waals surface area contributed by atoms with Crippen molar-refractivity contribution in [2.45, 2.75) is 59.5 Å². The van der Waals surface area contributed by atoms with Crippen molar-refractivity contribution in [1.82, 2.24) is 0 Å². The van der Waals surface area contributed by atoms with Gasteiger partial charge in [0.25, 0.3) is 0 Å². The van der Waals surface area contributed by atoms with E-state index < -0.39 is 41.1 Å². The predicted molar refractivity (Wildman–Crippen MR) is 121 cm³/mol. The Morgan fingerprint density at radius 2 is 1.67 bits per heavy atom. The molecule has 1 saturated carbocycles. The zero-order valence-corrected chi connectivity index (χ0v) is 20.3. The molecular weight excluding hydrogens is 428 g/mol. The average molecular weight is 465 g/mol. The Labute approximate surface area is 195 Å². The lowest BCUT2D eigenvalue weighted by molar-refractivity contribution is -0.174. The summed E-state index contributed by atoms with van der Waals surface area (Å²) < 4.78 is 16.3. The first-order valence-electron chi connectivity index (χ1n) is 11.4. The third-order valence-electron chi connectivity index (χ3n) is 5.56.